The van der Waals surface area contributed by atoms with Gasteiger partial charge in [0.2, 0.25) is 0 Å². The minimum Gasteiger partial charge on any atom is -0.475 e. The Morgan fingerprint density at radius 1 is 1.33 bits per heavy atom. The van der Waals surface area contributed by atoms with E-state index in [9.17, 15) is 4.79 Å². The summed E-state index contributed by atoms with van der Waals surface area (Å²) in [6, 6.07) is 6.24. The molecule has 1 amide bonds. The highest BCUT2D eigenvalue weighted by molar-refractivity contribution is 5.84. The summed E-state index contributed by atoms with van der Waals surface area (Å²) in [4.78, 5) is 11.8. The first-order chi connectivity index (χ1) is 11.0. The van der Waals surface area contributed by atoms with Crippen molar-refractivity contribution in [3.05, 3.63) is 36.4 Å². The third-order valence-corrected chi connectivity index (χ3v) is 3.36. The van der Waals surface area contributed by atoms with Crippen LogP contribution in [0, 0.1) is 12.3 Å². The van der Waals surface area contributed by atoms with Crippen molar-refractivity contribution >= 4 is 11.6 Å². The lowest BCUT2D eigenvalue weighted by atomic mass is 9.94. The van der Waals surface area contributed by atoms with E-state index in [0.717, 1.165) is 5.56 Å². The Bertz CT molecular complexity index is 637. The molecule has 1 aromatic rings. The molecule has 6 heteroatoms. The number of terminal acetylenes is 1. The number of nitrogens with two attached hydrogens (primary N) is 1. The van der Waals surface area contributed by atoms with Gasteiger partial charge in [0.15, 0.2) is 5.60 Å². The van der Waals surface area contributed by atoms with E-state index in [1.165, 1.54) is 0 Å². The Hall–Kier alpha value is -2.49. The van der Waals surface area contributed by atoms with E-state index < -0.39 is 23.1 Å². The van der Waals surface area contributed by atoms with E-state index in [1.54, 1.807) is 57.4 Å². The first-order valence-electron chi connectivity index (χ1n) is 7.45. The van der Waals surface area contributed by atoms with Crippen molar-refractivity contribution in [2.75, 3.05) is 0 Å². The zero-order valence-electron chi connectivity index (χ0n) is 14.5. The maximum Gasteiger partial charge on any atom is 0.267 e. The van der Waals surface area contributed by atoms with Crippen LogP contribution in [-0.2, 0) is 4.79 Å². The van der Waals surface area contributed by atoms with Gasteiger partial charge in [-0.3, -0.25) is 10.0 Å². The first kappa shape index (κ1) is 19.6. The standard InChI is InChI=1S/C18H25N3O3/c1-7-17(3,4)24-14-10-8-13(9-11-14)12(2)20-15(16(22)21-23)18(5,6)19/h1,8-11,15,20,23H,2,19H2,3-6H3,(H,21,22). The molecule has 0 aliphatic rings. The van der Waals surface area contributed by atoms with Crippen LogP contribution in [0.5, 0.6) is 5.75 Å². The lowest BCUT2D eigenvalue weighted by Crippen LogP contribution is -2.59. The Morgan fingerprint density at radius 2 is 1.88 bits per heavy atom. The fraction of sp³-hybridized carbons (Fsp3) is 0.389. The van der Waals surface area contributed by atoms with Crippen LogP contribution >= 0.6 is 0 Å². The molecule has 0 radical (unpaired) electrons. The maximum atomic E-state index is 11.8. The predicted octanol–water partition coefficient (Wildman–Crippen LogP) is 1.65. The SMILES string of the molecule is C#CC(C)(C)Oc1ccc(C(=C)NC(C(=O)NO)C(C)(C)N)cc1. The fourth-order valence-electron chi connectivity index (χ4n) is 1.96. The number of hydrogen-bond acceptors (Lipinski definition) is 5. The van der Waals surface area contributed by atoms with Gasteiger partial charge in [0.05, 0.1) is 0 Å². The minimum atomic E-state index is -0.907. The lowest BCUT2D eigenvalue weighted by molar-refractivity contribution is -0.132. The van der Waals surface area contributed by atoms with Crippen LogP contribution in [0.3, 0.4) is 0 Å². The highest BCUT2D eigenvalue weighted by Gasteiger charge is 2.32. The van der Waals surface area contributed by atoms with Crippen molar-refractivity contribution in [2.45, 2.75) is 44.9 Å². The molecule has 0 aliphatic carbocycles. The quantitative estimate of drug-likeness (QED) is 0.346. The minimum absolute atomic E-state index is 0.491. The summed E-state index contributed by atoms with van der Waals surface area (Å²) in [5.74, 6) is 2.54. The molecule has 0 aliphatic heterocycles. The second kappa shape index (κ2) is 7.39. The van der Waals surface area contributed by atoms with Crippen molar-refractivity contribution in [3.63, 3.8) is 0 Å². The van der Waals surface area contributed by atoms with Gasteiger partial charge in [-0.05, 0) is 57.5 Å². The molecule has 24 heavy (non-hydrogen) atoms. The molecule has 0 aromatic heterocycles. The molecule has 0 spiro atoms. The number of ether oxygens (including phenoxy) is 1. The van der Waals surface area contributed by atoms with Gasteiger partial charge in [-0.15, -0.1) is 6.42 Å². The normalized spacial score (nSPS) is 12.7. The predicted molar refractivity (Wildman–Crippen MR) is 94.1 cm³/mol. The van der Waals surface area contributed by atoms with Gasteiger partial charge in [-0.25, -0.2) is 5.48 Å². The summed E-state index contributed by atoms with van der Waals surface area (Å²) >= 11 is 0. The van der Waals surface area contributed by atoms with Gasteiger partial charge in [-0.1, -0.05) is 12.5 Å². The zero-order chi connectivity index (χ0) is 18.5. The molecule has 0 fully saturated rings. The van der Waals surface area contributed by atoms with Crippen LogP contribution in [0.25, 0.3) is 5.70 Å². The molecule has 1 unspecified atom stereocenters. The number of carbonyl (C=O) groups excluding carboxylic acids is 1. The van der Waals surface area contributed by atoms with E-state index in [1.807, 2.05) is 0 Å². The van der Waals surface area contributed by atoms with E-state index >= 15 is 0 Å². The highest BCUT2D eigenvalue weighted by atomic mass is 16.5. The van der Waals surface area contributed by atoms with Crippen molar-refractivity contribution in [2.24, 2.45) is 5.73 Å². The Morgan fingerprint density at radius 3 is 2.29 bits per heavy atom. The Kier molecular flexibility index (Phi) is 6.02. The van der Waals surface area contributed by atoms with Crippen LogP contribution in [-0.4, -0.2) is 28.3 Å². The summed E-state index contributed by atoms with van der Waals surface area (Å²) in [7, 11) is 0. The third-order valence-electron chi connectivity index (χ3n) is 3.36. The van der Waals surface area contributed by atoms with Crippen LogP contribution in [0.15, 0.2) is 30.8 Å². The number of hydroxylamine groups is 1. The molecule has 0 bridgehead atoms. The number of nitrogens with one attached hydrogen (secondary N) is 2. The molecule has 0 heterocycles. The summed E-state index contributed by atoms with van der Waals surface area (Å²) in [5, 5.41) is 11.8. The van der Waals surface area contributed by atoms with Crippen LogP contribution < -0.4 is 21.3 Å². The van der Waals surface area contributed by atoms with Gasteiger partial charge in [-0.2, -0.15) is 0 Å². The van der Waals surface area contributed by atoms with E-state index in [-0.39, 0.29) is 0 Å². The summed E-state index contributed by atoms with van der Waals surface area (Å²) in [5.41, 5.74) is 7.22. The number of amides is 1. The highest BCUT2D eigenvalue weighted by Crippen LogP contribution is 2.21. The fourth-order valence-corrected chi connectivity index (χ4v) is 1.96. The zero-order valence-corrected chi connectivity index (χ0v) is 14.5. The topological polar surface area (TPSA) is 96.6 Å². The largest absolute Gasteiger partial charge is 0.475 e. The monoisotopic (exact) mass is 331 g/mol. The Labute approximate surface area is 143 Å². The molecule has 1 aromatic carbocycles. The molecular weight excluding hydrogens is 306 g/mol. The average molecular weight is 331 g/mol. The van der Waals surface area contributed by atoms with E-state index in [2.05, 4.69) is 17.8 Å². The number of rotatable bonds is 7. The Balaban J connectivity index is 2.88. The molecule has 1 rings (SSSR count). The maximum absolute atomic E-state index is 11.8. The smallest absolute Gasteiger partial charge is 0.267 e. The van der Waals surface area contributed by atoms with Gasteiger partial charge < -0.3 is 15.8 Å². The molecule has 130 valence electrons. The molecule has 6 nitrogen and oxygen atoms in total. The number of benzene rings is 1. The lowest BCUT2D eigenvalue weighted by Gasteiger charge is -2.31. The van der Waals surface area contributed by atoms with Gasteiger partial charge in [0, 0.05) is 11.2 Å². The van der Waals surface area contributed by atoms with Crippen molar-refractivity contribution in [1.82, 2.24) is 10.8 Å². The van der Waals surface area contributed by atoms with E-state index in [0.29, 0.717) is 11.4 Å². The van der Waals surface area contributed by atoms with Crippen molar-refractivity contribution in [1.29, 1.82) is 0 Å². The average Bonchev–Trinajstić information content (AvgIpc) is 2.51. The molecule has 0 saturated carbocycles. The number of hydrogen-bond donors (Lipinski definition) is 4. The van der Waals surface area contributed by atoms with Gasteiger partial charge in [0.25, 0.3) is 5.91 Å². The van der Waals surface area contributed by atoms with Crippen LogP contribution in [0.2, 0.25) is 0 Å². The second-order valence-corrected chi connectivity index (χ2v) is 6.63. The molecule has 0 saturated heterocycles. The van der Waals surface area contributed by atoms with Gasteiger partial charge in [0.1, 0.15) is 11.8 Å². The molecule has 5 N–H and O–H groups in total. The molecular formula is C18H25N3O3. The van der Waals surface area contributed by atoms with Crippen LogP contribution in [0.1, 0.15) is 33.3 Å². The summed E-state index contributed by atoms with van der Waals surface area (Å²) < 4.78 is 5.67. The summed E-state index contributed by atoms with van der Waals surface area (Å²) in [6.45, 7) is 10.8. The van der Waals surface area contributed by atoms with Crippen LogP contribution in [0.4, 0.5) is 0 Å². The van der Waals surface area contributed by atoms with Crippen molar-refractivity contribution < 1.29 is 14.7 Å². The second-order valence-electron chi connectivity index (χ2n) is 6.63. The van der Waals surface area contributed by atoms with Gasteiger partial charge >= 0.3 is 0 Å². The summed E-state index contributed by atoms with van der Waals surface area (Å²) in [6.07, 6.45) is 5.40. The van der Waals surface area contributed by atoms with E-state index in [4.69, 9.17) is 22.1 Å². The number of carbonyl (C=O) groups is 1. The van der Waals surface area contributed by atoms with Crippen molar-refractivity contribution in [3.8, 4) is 18.1 Å². The molecule has 1 atom stereocenters. The third kappa shape index (κ3) is 5.30. The first-order valence-corrected chi connectivity index (χ1v) is 7.45.